The van der Waals surface area contributed by atoms with Gasteiger partial charge in [-0.05, 0) is 44.0 Å². The highest BCUT2D eigenvalue weighted by Gasteiger charge is 2.33. The Morgan fingerprint density at radius 1 is 1.33 bits per heavy atom. The minimum atomic E-state index is -4.28. The molecule has 0 saturated carbocycles. The van der Waals surface area contributed by atoms with E-state index in [2.05, 4.69) is 17.1 Å². The Balaban J connectivity index is 2.23. The predicted octanol–water partition coefficient (Wildman–Crippen LogP) is 3.98. The summed E-state index contributed by atoms with van der Waals surface area (Å²) < 4.78 is 39.1. The average Bonchev–Trinajstić information content (AvgIpc) is 2.64. The van der Waals surface area contributed by atoms with Gasteiger partial charge in [-0.3, -0.25) is 0 Å². The molecule has 2 nitrogen and oxygen atoms in total. The van der Waals surface area contributed by atoms with Crippen molar-refractivity contribution in [2.24, 2.45) is 0 Å². The van der Waals surface area contributed by atoms with Crippen molar-refractivity contribution >= 4 is 5.69 Å². The summed E-state index contributed by atoms with van der Waals surface area (Å²) >= 11 is 0. The van der Waals surface area contributed by atoms with Crippen LogP contribution in [-0.2, 0) is 6.18 Å². The summed E-state index contributed by atoms with van der Waals surface area (Å²) in [6, 6.07) is 5.03. The summed E-state index contributed by atoms with van der Waals surface area (Å²) in [6.07, 6.45) is -1.20. The van der Waals surface area contributed by atoms with E-state index >= 15 is 0 Å². The lowest BCUT2D eigenvalue weighted by molar-refractivity contribution is -0.138. The van der Waals surface area contributed by atoms with E-state index < -0.39 is 11.7 Å². The second kappa shape index (κ2) is 6.69. The van der Waals surface area contributed by atoms with Crippen molar-refractivity contribution < 1.29 is 13.2 Å². The number of benzene rings is 1. The SMILES string of the molecule is CCCC1CN(c2ccc(C)c(C(F)(F)F)c2)CCCN1. The standard InChI is InChI=1S/C16H23F3N2/c1-3-5-13-11-21(9-4-8-20-13)14-7-6-12(2)15(10-14)16(17,18)19/h6-7,10,13,20H,3-5,8-9,11H2,1-2H3. The van der Waals surface area contributed by atoms with Gasteiger partial charge in [0.05, 0.1) is 5.56 Å². The summed E-state index contributed by atoms with van der Waals surface area (Å²) in [6.45, 7) is 6.14. The molecule has 1 unspecified atom stereocenters. The second-order valence-corrected chi connectivity index (χ2v) is 5.74. The van der Waals surface area contributed by atoms with Crippen LogP contribution in [0, 0.1) is 6.92 Å². The number of hydrogen-bond acceptors (Lipinski definition) is 2. The van der Waals surface area contributed by atoms with Crippen molar-refractivity contribution in [3.8, 4) is 0 Å². The predicted molar refractivity (Wildman–Crippen MR) is 79.7 cm³/mol. The van der Waals surface area contributed by atoms with Gasteiger partial charge in [-0.1, -0.05) is 19.4 Å². The molecule has 1 heterocycles. The van der Waals surface area contributed by atoms with Crippen LogP contribution in [-0.4, -0.2) is 25.7 Å². The molecule has 5 heteroatoms. The van der Waals surface area contributed by atoms with Gasteiger partial charge in [0.1, 0.15) is 0 Å². The van der Waals surface area contributed by atoms with Crippen LogP contribution in [0.4, 0.5) is 18.9 Å². The number of halogens is 3. The van der Waals surface area contributed by atoms with Crippen molar-refractivity contribution in [3.63, 3.8) is 0 Å². The van der Waals surface area contributed by atoms with Crippen LogP contribution in [0.5, 0.6) is 0 Å². The van der Waals surface area contributed by atoms with Gasteiger partial charge in [-0.15, -0.1) is 0 Å². The third-order valence-corrected chi connectivity index (χ3v) is 4.01. The van der Waals surface area contributed by atoms with Crippen LogP contribution in [0.2, 0.25) is 0 Å². The van der Waals surface area contributed by atoms with Gasteiger partial charge >= 0.3 is 6.18 Å². The minimum absolute atomic E-state index is 0.282. The fourth-order valence-electron chi connectivity index (χ4n) is 2.89. The Hall–Kier alpha value is -1.23. The third-order valence-electron chi connectivity index (χ3n) is 4.01. The molecule has 1 aromatic rings. The molecule has 118 valence electrons. The maximum Gasteiger partial charge on any atom is 0.416 e. The molecule has 0 aromatic heterocycles. The zero-order chi connectivity index (χ0) is 15.5. The Morgan fingerprint density at radius 2 is 2.10 bits per heavy atom. The normalized spacial score (nSPS) is 20.4. The van der Waals surface area contributed by atoms with Crippen LogP contribution in [0.15, 0.2) is 18.2 Å². The molecule has 1 fully saturated rings. The first-order valence-electron chi connectivity index (χ1n) is 7.58. The highest BCUT2D eigenvalue weighted by molar-refractivity contribution is 5.52. The maximum absolute atomic E-state index is 13.0. The van der Waals surface area contributed by atoms with Crippen LogP contribution in [0.1, 0.15) is 37.3 Å². The van der Waals surface area contributed by atoms with Crippen molar-refractivity contribution in [2.45, 2.75) is 45.3 Å². The van der Waals surface area contributed by atoms with Gasteiger partial charge in [-0.25, -0.2) is 0 Å². The molecule has 0 aliphatic carbocycles. The summed E-state index contributed by atoms with van der Waals surface area (Å²) in [7, 11) is 0. The summed E-state index contributed by atoms with van der Waals surface area (Å²) in [5, 5.41) is 3.47. The lowest BCUT2D eigenvalue weighted by Crippen LogP contribution is -2.37. The molecule has 21 heavy (non-hydrogen) atoms. The number of hydrogen-bond donors (Lipinski definition) is 1. The third kappa shape index (κ3) is 4.13. The molecule has 1 saturated heterocycles. The van der Waals surface area contributed by atoms with Gasteiger partial charge in [0.15, 0.2) is 0 Å². The van der Waals surface area contributed by atoms with Crippen molar-refractivity contribution in [3.05, 3.63) is 29.3 Å². The minimum Gasteiger partial charge on any atom is -0.370 e. The molecule has 1 aliphatic rings. The van der Waals surface area contributed by atoms with Crippen molar-refractivity contribution in [2.75, 3.05) is 24.5 Å². The van der Waals surface area contributed by atoms with E-state index in [1.807, 2.05) is 0 Å². The number of aryl methyl sites for hydroxylation is 1. The first kappa shape index (κ1) is 16.1. The van der Waals surface area contributed by atoms with Gasteiger partial charge in [0.2, 0.25) is 0 Å². The lowest BCUT2D eigenvalue weighted by atomic mass is 10.1. The first-order chi connectivity index (χ1) is 9.91. The van der Waals surface area contributed by atoms with Gasteiger partial charge in [0.25, 0.3) is 0 Å². The Kier molecular flexibility index (Phi) is 5.14. The van der Waals surface area contributed by atoms with E-state index in [1.54, 1.807) is 12.1 Å². The zero-order valence-electron chi connectivity index (χ0n) is 12.6. The van der Waals surface area contributed by atoms with E-state index in [4.69, 9.17) is 0 Å². The maximum atomic E-state index is 13.0. The second-order valence-electron chi connectivity index (χ2n) is 5.74. The molecule has 1 N–H and O–H groups in total. The van der Waals surface area contributed by atoms with E-state index in [9.17, 15) is 13.2 Å². The first-order valence-corrected chi connectivity index (χ1v) is 7.58. The molecular weight excluding hydrogens is 277 g/mol. The summed E-state index contributed by atoms with van der Waals surface area (Å²) in [5.74, 6) is 0. The number of rotatable bonds is 3. The largest absolute Gasteiger partial charge is 0.416 e. The van der Waals surface area contributed by atoms with Crippen LogP contribution in [0.25, 0.3) is 0 Å². The van der Waals surface area contributed by atoms with E-state index in [1.165, 1.54) is 13.0 Å². The van der Waals surface area contributed by atoms with E-state index in [-0.39, 0.29) is 5.56 Å². The van der Waals surface area contributed by atoms with Gasteiger partial charge in [0, 0.05) is 24.8 Å². The molecule has 1 aromatic carbocycles. The lowest BCUT2D eigenvalue weighted by Gasteiger charge is -2.27. The molecular formula is C16H23F3N2. The van der Waals surface area contributed by atoms with E-state index in [0.717, 1.165) is 38.9 Å². The molecule has 1 aliphatic heterocycles. The number of alkyl halides is 3. The summed E-state index contributed by atoms with van der Waals surface area (Å²) in [5.41, 5.74) is 0.436. The van der Waals surface area contributed by atoms with Crippen molar-refractivity contribution in [1.29, 1.82) is 0 Å². The molecule has 0 spiro atoms. The summed E-state index contributed by atoms with van der Waals surface area (Å²) in [4.78, 5) is 2.08. The highest BCUT2D eigenvalue weighted by Crippen LogP contribution is 2.34. The molecule has 2 rings (SSSR count). The molecule has 1 atom stereocenters. The smallest absolute Gasteiger partial charge is 0.370 e. The Labute approximate surface area is 124 Å². The van der Waals surface area contributed by atoms with Gasteiger partial charge < -0.3 is 10.2 Å². The molecule has 0 radical (unpaired) electrons. The van der Waals surface area contributed by atoms with Crippen LogP contribution < -0.4 is 10.2 Å². The highest BCUT2D eigenvalue weighted by atomic mass is 19.4. The Bertz CT molecular complexity index is 471. The quantitative estimate of drug-likeness (QED) is 0.908. The number of nitrogens with zero attached hydrogens (tertiary/aromatic N) is 1. The van der Waals surface area contributed by atoms with Crippen LogP contribution >= 0.6 is 0 Å². The van der Waals surface area contributed by atoms with Gasteiger partial charge in [-0.2, -0.15) is 13.2 Å². The monoisotopic (exact) mass is 300 g/mol. The number of anilines is 1. The fourth-order valence-corrected chi connectivity index (χ4v) is 2.89. The zero-order valence-corrected chi connectivity index (χ0v) is 12.6. The van der Waals surface area contributed by atoms with E-state index in [0.29, 0.717) is 11.7 Å². The topological polar surface area (TPSA) is 15.3 Å². The average molecular weight is 300 g/mol. The molecule has 0 bridgehead atoms. The fraction of sp³-hybridized carbons (Fsp3) is 0.625. The molecule has 0 amide bonds. The number of nitrogens with one attached hydrogen (secondary N) is 1. The van der Waals surface area contributed by atoms with Crippen molar-refractivity contribution in [1.82, 2.24) is 5.32 Å². The van der Waals surface area contributed by atoms with Crippen LogP contribution in [0.3, 0.4) is 0 Å². The Morgan fingerprint density at radius 3 is 2.76 bits per heavy atom.